The van der Waals surface area contributed by atoms with Crippen LogP contribution in [0.5, 0.6) is 0 Å². The maximum atomic E-state index is 12.8. The highest BCUT2D eigenvalue weighted by Gasteiger charge is 2.49. The summed E-state index contributed by atoms with van der Waals surface area (Å²) in [6.45, 7) is 2.67. The number of hydrogen-bond acceptors (Lipinski definition) is 4. The molecule has 4 rings (SSSR count). The smallest absolute Gasteiger partial charge is 0.240 e. The van der Waals surface area contributed by atoms with Gasteiger partial charge < -0.3 is 5.32 Å². The number of nitrogens with zero attached hydrogens (tertiary/aromatic N) is 4. The van der Waals surface area contributed by atoms with Crippen molar-refractivity contribution in [3.8, 4) is 5.82 Å². The Bertz CT molecular complexity index is 687. The molecular weight excluding hydrogens is 290 g/mol. The van der Waals surface area contributed by atoms with Crippen molar-refractivity contribution in [2.75, 3.05) is 13.1 Å². The first-order valence-corrected chi connectivity index (χ1v) is 8.25. The lowest BCUT2D eigenvalue weighted by atomic mass is 9.93. The van der Waals surface area contributed by atoms with E-state index in [-0.39, 0.29) is 11.4 Å². The van der Waals surface area contributed by atoms with E-state index in [1.165, 1.54) is 0 Å². The van der Waals surface area contributed by atoms with E-state index >= 15 is 0 Å². The van der Waals surface area contributed by atoms with Gasteiger partial charge in [-0.1, -0.05) is 0 Å². The largest absolute Gasteiger partial charge is 0.350 e. The van der Waals surface area contributed by atoms with Crippen LogP contribution in [0, 0.1) is 0 Å². The Kier molecular flexibility index (Phi) is 3.61. The van der Waals surface area contributed by atoms with Gasteiger partial charge in [-0.05, 0) is 56.5 Å². The van der Waals surface area contributed by atoms with Gasteiger partial charge in [0.2, 0.25) is 5.91 Å². The predicted octanol–water partition coefficient (Wildman–Crippen LogP) is 1.51. The van der Waals surface area contributed by atoms with E-state index in [0.717, 1.165) is 50.2 Å². The average molecular weight is 311 g/mol. The van der Waals surface area contributed by atoms with Gasteiger partial charge in [0.1, 0.15) is 17.7 Å². The molecule has 0 aromatic carbocycles. The fourth-order valence-electron chi connectivity index (χ4n) is 3.93. The fourth-order valence-corrected chi connectivity index (χ4v) is 3.93. The summed E-state index contributed by atoms with van der Waals surface area (Å²) >= 11 is 0. The first-order chi connectivity index (χ1) is 11.3. The lowest BCUT2D eigenvalue weighted by molar-refractivity contribution is -0.130. The number of rotatable bonds is 4. The van der Waals surface area contributed by atoms with Crippen LogP contribution in [0.15, 0.2) is 37.1 Å². The van der Waals surface area contributed by atoms with E-state index in [4.69, 9.17) is 0 Å². The van der Waals surface area contributed by atoms with Gasteiger partial charge in [-0.2, -0.15) is 0 Å². The van der Waals surface area contributed by atoms with Crippen LogP contribution in [0.4, 0.5) is 0 Å². The number of aromatic nitrogens is 3. The van der Waals surface area contributed by atoms with E-state index in [2.05, 4.69) is 20.2 Å². The summed E-state index contributed by atoms with van der Waals surface area (Å²) < 4.78 is 1.86. The Morgan fingerprint density at radius 1 is 1.26 bits per heavy atom. The first kappa shape index (κ1) is 14.4. The average Bonchev–Trinajstić information content (AvgIpc) is 3.28. The topological polar surface area (TPSA) is 63.1 Å². The third-order valence-electron chi connectivity index (χ3n) is 5.10. The highest BCUT2D eigenvalue weighted by Crippen LogP contribution is 2.38. The molecule has 0 atom stereocenters. The van der Waals surface area contributed by atoms with Gasteiger partial charge in [0.05, 0.1) is 0 Å². The SMILES string of the molecule is O=C(NCc1ccnc(-n2ccnc2)c1)C12CCCN1CCC2. The van der Waals surface area contributed by atoms with Crippen LogP contribution in [0.25, 0.3) is 5.82 Å². The monoisotopic (exact) mass is 311 g/mol. The van der Waals surface area contributed by atoms with Crippen LogP contribution in [0.2, 0.25) is 0 Å². The van der Waals surface area contributed by atoms with Gasteiger partial charge in [-0.25, -0.2) is 9.97 Å². The Labute approximate surface area is 135 Å². The lowest BCUT2D eigenvalue weighted by Crippen LogP contribution is -2.51. The number of fused-ring (bicyclic) bond motifs is 1. The van der Waals surface area contributed by atoms with Crippen molar-refractivity contribution in [1.29, 1.82) is 0 Å². The van der Waals surface area contributed by atoms with Crippen molar-refractivity contribution in [3.63, 3.8) is 0 Å². The number of carbonyl (C=O) groups excluding carboxylic acids is 1. The minimum absolute atomic E-state index is 0.188. The van der Waals surface area contributed by atoms with Gasteiger partial charge in [-0.3, -0.25) is 14.3 Å². The molecule has 4 heterocycles. The standard InChI is InChI=1S/C17H21N5O/c23-16(17-4-1-8-22(17)9-2-5-17)20-12-14-3-6-19-15(11-14)21-10-7-18-13-21/h3,6-7,10-11,13H,1-2,4-5,8-9,12H2,(H,20,23). The Hall–Kier alpha value is -2.21. The van der Waals surface area contributed by atoms with E-state index in [0.29, 0.717) is 6.54 Å². The van der Waals surface area contributed by atoms with Crippen molar-refractivity contribution in [2.24, 2.45) is 0 Å². The molecule has 2 fully saturated rings. The second-order valence-corrected chi connectivity index (χ2v) is 6.40. The van der Waals surface area contributed by atoms with E-state index in [1.54, 1.807) is 18.7 Å². The molecule has 1 amide bonds. The Morgan fingerprint density at radius 2 is 2.09 bits per heavy atom. The minimum atomic E-state index is -0.236. The number of imidazole rings is 1. The van der Waals surface area contributed by atoms with Gasteiger partial charge in [0.15, 0.2) is 0 Å². The summed E-state index contributed by atoms with van der Waals surface area (Å²) in [4.78, 5) is 23.5. The number of hydrogen-bond donors (Lipinski definition) is 1. The number of amides is 1. The summed E-state index contributed by atoms with van der Waals surface area (Å²) in [5.74, 6) is 1.00. The summed E-state index contributed by atoms with van der Waals surface area (Å²) in [6, 6.07) is 3.93. The van der Waals surface area contributed by atoms with Crippen LogP contribution in [-0.4, -0.2) is 44.0 Å². The van der Waals surface area contributed by atoms with Crippen molar-refractivity contribution in [3.05, 3.63) is 42.6 Å². The molecule has 0 radical (unpaired) electrons. The van der Waals surface area contributed by atoms with E-state index in [1.807, 2.05) is 22.9 Å². The summed E-state index contributed by atoms with van der Waals surface area (Å²) in [5, 5.41) is 3.14. The highest BCUT2D eigenvalue weighted by atomic mass is 16.2. The molecule has 2 aliphatic heterocycles. The zero-order valence-electron chi connectivity index (χ0n) is 13.1. The predicted molar refractivity (Wildman–Crippen MR) is 86.0 cm³/mol. The van der Waals surface area contributed by atoms with Crippen molar-refractivity contribution in [2.45, 2.75) is 37.8 Å². The van der Waals surface area contributed by atoms with Gasteiger partial charge in [0.25, 0.3) is 0 Å². The maximum Gasteiger partial charge on any atom is 0.240 e. The molecule has 1 N–H and O–H groups in total. The van der Waals surface area contributed by atoms with Crippen LogP contribution in [-0.2, 0) is 11.3 Å². The molecule has 2 aromatic heterocycles. The second kappa shape index (κ2) is 5.77. The second-order valence-electron chi connectivity index (χ2n) is 6.40. The Balaban J connectivity index is 1.45. The highest BCUT2D eigenvalue weighted by molar-refractivity contribution is 5.87. The molecule has 0 aliphatic carbocycles. The molecule has 23 heavy (non-hydrogen) atoms. The zero-order valence-corrected chi connectivity index (χ0v) is 13.1. The molecule has 2 saturated heterocycles. The summed E-state index contributed by atoms with van der Waals surface area (Å²) in [6.07, 6.45) is 11.3. The molecule has 0 unspecified atom stereocenters. The number of carbonyl (C=O) groups is 1. The molecule has 6 nitrogen and oxygen atoms in total. The maximum absolute atomic E-state index is 12.8. The van der Waals surface area contributed by atoms with Gasteiger partial charge in [-0.15, -0.1) is 0 Å². The van der Waals surface area contributed by atoms with Crippen molar-refractivity contribution >= 4 is 5.91 Å². The van der Waals surface area contributed by atoms with Crippen molar-refractivity contribution in [1.82, 2.24) is 24.8 Å². The van der Waals surface area contributed by atoms with E-state index < -0.39 is 0 Å². The van der Waals surface area contributed by atoms with Gasteiger partial charge in [0, 0.05) is 25.1 Å². The van der Waals surface area contributed by atoms with Crippen LogP contribution in [0.1, 0.15) is 31.2 Å². The molecule has 6 heteroatoms. The Morgan fingerprint density at radius 3 is 2.83 bits per heavy atom. The molecule has 0 spiro atoms. The third-order valence-corrected chi connectivity index (χ3v) is 5.10. The quantitative estimate of drug-likeness (QED) is 0.930. The van der Waals surface area contributed by atoms with Gasteiger partial charge >= 0.3 is 0 Å². The van der Waals surface area contributed by atoms with Crippen LogP contribution >= 0.6 is 0 Å². The van der Waals surface area contributed by atoms with Crippen LogP contribution < -0.4 is 5.32 Å². The molecule has 2 aromatic rings. The molecule has 120 valence electrons. The zero-order chi connectivity index (χ0) is 15.7. The summed E-state index contributed by atoms with van der Waals surface area (Å²) in [5.41, 5.74) is 0.816. The van der Waals surface area contributed by atoms with Crippen molar-refractivity contribution < 1.29 is 4.79 Å². The number of pyridine rings is 1. The summed E-state index contributed by atoms with van der Waals surface area (Å²) in [7, 11) is 0. The molecule has 2 aliphatic rings. The number of nitrogens with one attached hydrogen (secondary N) is 1. The fraction of sp³-hybridized carbons (Fsp3) is 0.471. The normalized spacial score (nSPS) is 19.7. The molecule has 0 bridgehead atoms. The van der Waals surface area contributed by atoms with Crippen LogP contribution in [0.3, 0.4) is 0 Å². The third kappa shape index (κ3) is 2.53. The first-order valence-electron chi connectivity index (χ1n) is 8.25. The molecule has 0 saturated carbocycles. The lowest BCUT2D eigenvalue weighted by Gasteiger charge is -2.30. The molecular formula is C17H21N5O. The minimum Gasteiger partial charge on any atom is -0.350 e. The van der Waals surface area contributed by atoms with E-state index in [9.17, 15) is 4.79 Å².